The molecule has 0 aromatic heterocycles. The van der Waals surface area contributed by atoms with Crippen molar-refractivity contribution in [3.8, 4) is 0 Å². The zero-order chi connectivity index (χ0) is 17.6. The molecule has 0 radical (unpaired) electrons. The van der Waals surface area contributed by atoms with Crippen LogP contribution in [0.4, 0.5) is 8.78 Å². The van der Waals surface area contributed by atoms with Crippen molar-refractivity contribution in [1.29, 1.82) is 0 Å². The fourth-order valence-electron chi connectivity index (χ4n) is 2.04. The van der Waals surface area contributed by atoms with Crippen molar-refractivity contribution in [3.05, 3.63) is 35.4 Å². The molecule has 2 N–H and O–H groups in total. The Bertz CT molecular complexity index is 602. The number of carbonyl (C=O) groups is 3. The molecule has 0 bridgehead atoms. The molecular formula is C16H19F2NO4. The fourth-order valence-corrected chi connectivity index (χ4v) is 2.04. The van der Waals surface area contributed by atoms with E-state index >= 15 is 0 Å². The highest BCUT2D eigenvalue weighted by Crippen LogP contribution is 2.13. The number of nitrogens with one attached hydrogen (secondary N) is 1. The molecule has 0 aliphatic carbocycles. The molecule has 0 fully saturated rings. The maximum atomic E-state index is 13.4. The van der Waals surface area contributed by atoms with Gasteiger partial charge in [-0.1, -0.05) is 13.8 Å². The predicted octanol–water partition coefficient (Wildman–Crippen LogP) is 2.54. The first-order valence-electron chi connectivity index (χ1n) is 7.21. The van der Waals surface area contributed by atoms with Crippen LogP contribution in [0.25, 0.3) is 0 Å². The van der Waals surface area contributed by atoms with Crippen molar-refractivity contribution >= 4 is 17.7 Å². The molecule has 0 aliphatic rings. The smallest absolute Gasteiger partial charge is 0.326 e. The van der Waals surface area contributed by atoms with Gasteiger partial charge in [0.15, 0.2) is 5.78 Å². The minimum Gasteiger partial charge on any atom is -0.480 e. The van der Waals surface area contributed by atoms with E-state index in [1.807, 2.05) is 13.8 Å². The molecule has 1 rings (SSSR count). The van der Waals surface area contributed by atoms with E-state index in [4.69, 9.17) is 5.11 Å². The second kappa shape index (κ2) is 8.36. The third-order valence-electron chi connectivity index (χ3n) is 3.15. The third-order valence-corrected chi connectivity index (χ3v) is 3.15. The molecule has 1 aromatic rings. The Kier molecular flexibility index (Phi) is 6.81. The maximum absolute atomic E-state index is 13.4. The van der Waals surface area contributed by atoms with Gasteiger partial charge >= 0.3 is 5.97 Å². The summed E-state index contributed by atoms with van der Waals surface area (Å²) in [5.74, 6) is -4.11. The second-order valence-electron chi connectivity index (χ2n) is 5.64. The van der Waals surface area contributed by atoms with Crippen LogP contribution in [-0.2, 0) is 9.59 Å². The van der Waals surface area contributed by atoms with Crippen molar-refractivity contribution in [3.63, 3.8) is 0 Å². The normalized spacial score (nSPS) is 12.0. The van der Waals surface area contributed by atoms with Gasteiger partial charge in [-0.05, 0) is 24.5 Å². The van der Waals surface area contributed by atoms with Crippen LogP contribution in [-0.4, -0.2) is 28.8 Å². The standard InChI is InChI=1S/C16H19F2NO4/c1-9(2)7-13(16(22)23)19-15(21)6-5-14(20)11-4-3-10(17)8-12(11)18/h3-4,8-9,13H,5-7H2,1-2H3,(H,19,21)(H,22,23)/t13-/m1/s1. The number of hydrogen-bond donors (Lipinski definition) is 2. The topological polar surface area (TPSA) is 83.5 Å². The highest BCUT2D eigenvalue weighted by molar-refractivity contribution is 5.98. The molecule has 5 nitrogen and oxygen atoms in total. The molecular weight excluding hydrogens is 308 g/mol. The number of halogens is 2. The number of ketones is 1. The van der Waals surface area contributed by atoms with Crippen LogP contribution >= 0.6 is 0 Å². The first kappa shape index (κ1) is 18.7. The first-order valence-corrected chi connectivity index (χ1v) is 7.21. The number of rotatable bonds is 8. The Morgan fingerprint density at radius 2 is 1.83 bits per heavy atom. The van der Waals surface area contributed by atoms with E-state index in [2.05, 4.69) is 5.32 Å². The van der Waals surface area contributed by atoms with Crippen LogP contribution in [0.15, 0.2) is 18.2 Å². The molecule has 0 unspecified atom stereocenters. The van der Waals surface area contributed by atoms with E-state index in [9.17, 15) is 23.2 Å². The summed E-state index contributed by atoms with van der Waals surface area (Å²) in [6.45, 7) is 3.64. The van der Waals surface area contributed by atoms with Gasteiger partial charge in [0, 0.05) is 18.9 Å². The Balaban J connectivity index is 2.58. The number of aliphatic carboxylic acids is 1. The quantitative estimate of drug-likeness (QED) is 0.719. The van der Waals surface area contributed by atoms with Crippen molar-refractivity contribution < 1.29 is 28.3 Å². The van der Waals surface area contributed by atoms with E-state index in [-0.39, 0.29) is 30.7 Å². The van der Waals surface area contributed by atoms with E-state index in [1.54, 1.807) is 0 Å². The largest absolute Gasteiger partial charge is 0.480 e. The molecule has 126 valence electrons. The average molecular weight is 327 g/mol. The molecule has 0 spiro atoms. The summed E-state index contributed by atoms with van der Waals surface area (Å²) in [6.07, 6.45) is -0.290. The fraction of sp³-hybridized carbons (Fsp3) is 0.438. The Labute approximate surface area is 132 Å². The monoisotopic (exact) mass is 327 g/mol. The van der Waals surface area contributed by atoms with Gasteiger partial charge in [0.05, 0.1) is 5.56 Å². The SMILES string of the molecule is CC(C)C[C@@H](NC(=O)CCC(=O)c1ccc(F)cc1F)C(=O)O. The van der Waals surface area contributed by atoms with Crippen LogP contribution in [0.2, 0.25) is 0 Å². The lowest BCUT2D eigenvalue weighted by Crippen LogP contribution is -2.41. The lowest BCUT2D eigenvalue weighted by molar-refractivity contribution is -0.142. The number of hydrogen-bond acceptors (Lipinski definition) is 3. The van der Waals surface area contributed by atoms with E-state index in [0.29, 0.717) is 6.07 Å². The van der Waals surface area contributed by atoms with Crippen LogP contribution < -0.4 is 5.32 Å². The molecule has 1 amide bonds. The van der Waals surface area contributed by atoms with Gasteiger partial charge in [-0.15, -0.1) is 0 Å². The van der Waals surface area contributed by atoms with Gasteiger partial charge in [-0.3, -0.25) is 9.59 Å². The molecule has 23 heavy (non-hydrogen) atoms. The summed E-state index contributed by atoms with van der Waals surface area (Å²) < 4.78 is 26.2. The summed E-state index contributed by atoms with van der Waals surface area (Å²) in [5.41, 5.74) is -0.295. The first-order chi connectivity index (χ1) is 10.7. The average Bonchev–Trinajstić information content (AvgIpc) is 2.43. The number of amides is 1. The van der Waals surface area contributed by atoms with Crippen molar-refractivity contribution in [2.24, 2.45) is 5.92 Å². The number of Topliss-reactive ketones (excluding diaryl/α,β-unsaturated/α-hetero) is 1. The molecule has 0 aliphatic heterocycles. The Hall–Kier alpha value is -2.31. The summed E-state index contributed by atoms with van der Waals surface area (Å²) >= 11 is 0. The number of benzene rings is 1. The molecule has 0 saturated carbocycles. The molecule has 7 heteroatoms. The summed E-state index contributed by atoms with van der Waals surface area (Å²) in [4.78, 5) is 34.6. The van der Waals surface area contributed by atoms with Crippen molar-refractivity contribution in [2.45, 2.75) is 39.2 Å². The predicted molar refractivity (Wildman–Crippen MR) is 78.9 cm³/mol. The number of carboxylic acids is 1. The van der Waals surface area contributed by atoms with Gasteiger partial charge in [0.1, 0.15) is 17.7 Å². The van der Waals surface area contributed by atoms with Crippen LogP contribution in [0.1, 0.15) is 43.5 Å². The Morgan fingerprint density at radius 3 is 2.35 bits per heavy atom. The number of carboxylic acid groups (broad SMARTS) is 1. The minimum absolute atomic E-state index is 0.0753. The highest BCUT2D eigenvalue weighted by Gasteiger charge is 2.21. The Morgan fingerprint density at radius 1 is 1.17 bits per heavy atom. The van der Waals surface area contributed by atoms with E-state index in [0.717, 1.165) is 12.1 Å². The van der Waals surface area contributed by atoms with E-state index < -0.39 is 35.3 Å². The van der Waals surface area contributed by atoms with Gasteiger partial charge < -0.3 is 10.4 Å². The van der Waals surface area contributed by atoms with Gasteiger partial charge in [0.2, 0.25) is 5.91 Å². The van der Waals surface area contributed by atoms with Gasteiger partial charge in [0.25, 0.3) is 0 Å². The molecule has 0 heterocycles. The molecule has 1 aromatic carbocycles. The molecule has 1 atom stereocenters. The summed E-state index contributed by atoms with van der Waals surface area (Å²) in [6, 6.07) is 1.54. The van der Waals surface area contributed by atoms with Crippen LogP contribution in [0.5, 0.6) is 0 Å². The van der Waals surface area contributed by atoms with Crippen molar-refractivity contribution in [2.75, 3.05) is 0 Å². The zero-order valence-corrected chi connectivity index (χ0v) is 12.9. The third kappa shape index (κ3) is 6.14. The molecule has 0 saturated heterocycles. The van der Waals surface area contributed by atoms with Gasteiger partial charge in [-0.2, -0.15) is 0 Å². The summed E-state index contributed by atoms with van der Waals surface area (Å²) in [5, 5.41) is 11.4. The maximum Gasteiger partial charge on any atom is 0.326 e. The summed E-state index contributed by atoms with van der Waals surface area (Å²) in [7, 11) is 0. The number of carbonyl (C=O) groups excluding carboxylic acids is 2. The highest BCUT2D eigenvalue weighted by atomic mass is 19.1. The lowest BCUT2D eigenvalue weighted by Gasteiger charge is -2.16. The second-order valence-corrected chi connectivity index (χ2v) is 5.64. The van der Waals surface area contributed by atoms with Crippen molar-refractivity contribution in [1.82, 2.24) is 5.32 Å². The minimum atomic E-state index is -1.15. The van der Waals surface area contributed by atoms with Crippen LogP contribution in [0.3, 0.4) is 0 Å². The van der Waals surface area contributed by atoms with Crippen LogP contribution in [0, 0.1) is 17.6 Å². The van der Waals surface area contributed by atoms with Gasteiger partial charge in [-0.25, -0.2) is 13.6 Å². The zero-order valence-electron chi connectivity index (χ0n) is 12.9. The lowest BCUT2D eigenvalue weighted by atomic mass is 10.0. The van der Waals surface area contributed by atoms with E-state index in [1.165, 1.54) is 0 Å².